The molecule has 0 spiro atoms. The Morgan fingerprint density at radius 1 is 1.53 bits per heavy atom. The Labute approximate surface area is 107 Å². The van der Waals surface area contributed by atoms with Gasteiger partial charge in [-0.15, -0.1) is 0 Å². The summed E-state index contributed by atoms with van der Waals surface area (Å²) in [6.45, 7) is 8.19. The Bertz CT molecular complexity index is 438. The third kappa shape index (κ3) is 2.72. The second kappa shape index (κ2) is 5.41. The fraction of sp³-hybridized carbons (Fsp3) is 0.357. The molecule has 0 fully saturated rings. The zero-order chi connectivity index (χ0) is 12.3. The molecule has 17 heavy (non-hydrogen) atoms. The topological polar surface area (TPSA) is 15.6 Å². The molecule has 2 rings (SSSR count). The van der Waals surface area contributed by atoms with Gasteiger partial charge in [0, 0.05) is 12.2 Å². The maximum Gasteiger partial charge on any atom is 0.163 e. The second-order valence-electron chi connectivity index (χ2n) is 4.17. The van der Waals surface area contributed by atoms with Crippen LogP contribution < -0.4 is 0 Å². The van der Waals surface area contributed by atoms with Gasteiger partial charge in [0.1, 0.15) is 0 Å². The number of aliphatic imine (C=N–C) groups is 1. The number of nitrogens with zero attached hydrogens (tertiary/aromatic N) is 2. The Morgan fingerprint density at radius 3 is 3.12 bits per heavy atom. The average molecular weight is 246 g/mol. The van der Waals surface area contributed by atoms with Crippen molar-refractivity contribution in [1.82, 2.24) is 4.90 Å². The summed E-state index contributed by atoms with van der Waals surface area (Å²) in [5, 5.41) is 1.09. The summed E-state index contributed by atoms with van der Waals surface area (Å²) >= 11 is 1.69. The molecule has 0 unspecified atom stereocenters. The van der Waals surface area contributed by atoms with E-state index in [2.05, 4.69) is 54.0 Å². The average Bonchev–Trinajstić information content (AvgIpc) is 2.70. The van der Waals surface area contributed by atoms with Gasteiger partial charge in [0.05, 0.1) is 6.54 Å². The summed E-state index contributed by atoms with van der Waals surface area (Å²) in [6.07, 6.45) is 11.7. The molecule has 0 aromatic rings. The number of amidine groups is 1. The zero-order valence-corrected chi connectivity index (χ0v) is 11.3. The maximum atomic E-state index is 4.47. The van der Waals surface area contributed by atoms with E-state index in [0.29, 0.717) is 0 Å². The van der Waals surface area contributed by atoms with E-state index in [4.69, 9.17) is 0 Å². The molecule has 1 aliphatic heterocycles. The van der Waals surface area contributed by atoms with E-state index in [1.165, 1.54) is 11.1 Å². The summed E-state index contributed by atoms with van der Waals surface area (Å²) < 4.78 is 0. The molecule has 0 atom stereocenters. The molecule has 90 valence electrons. The molecule has 2 nitrogen and oxygen atoms in total. The lowest BCUT2D eigenvalue weighted by Crippen LogP contribution is -2.25. The van der Waals surface area contributed by atoms with Gasteiger partial charge in [-0.05, 0) is 25.2 Å². The standard InChI is InChI=1S/C14H18N2S/c1-11-5-4-6-13(8-7-11)12(2)16-10-9-15-14(16)17-3/h4-7H,2,8-10H2,1,3H3. The van der Waals surface area contributed by atoms with Crippen LogP contribution in [-0.2, 0) is 0 Å². The third-order valence-corrected chi connectivity index (χ3v) is 3.70. The highest BCUT2D eigenvalue weighted by molar-refractivity contribution is 8.13. The van der Waals surface area contributed by atoms with E-state index >= 15 is 0 Å². The first-order valence-corrected chi connectivity index (χ1v) is 7.04. The number of hydrogen-bond acceptors (Lipinski definition) is 3. The number of allylic oxidation sites excluding steroid dienone is 6. The van der Waals surface area contributed by atoms with Crippen molar-refractivity contribution >= 4 is 16.9 Å². The molecule has 0 bridgehead atoms. The number of rotatable bonds is 2. The summed E-state index contributed by atoms with van der Waals surface area (Å²) in [4.78, 5) is 6.70. The van der Waals surface area contributed by atoms with Gasteiger partial charge < -0.3 is 4.90 Å². The maximum absolute atomic E-state index is 4.47. The Morgan fingerprint density at radius 2 is 2.35 bits per heavy atom. The van der Waals surface area contributed by atoms with E-state index in [-0.39, 0.29) is 0 Å². The molecule has 0 saturated heterocycles. The fourth-order valence-corrected chi connectivity index (χ4v) is 2.60. The number of thioether (sulfide) groups is 1. The largest absolute Gasteiger partial charge is 0.320 e. The lowest BCUT2D eigenvalue weighted by molar-refractivity contribution is 0.578. The third-order valence-electron chi connectivity index (χ3n) is 2.98. The van der Waals surface area contributed by atoms with Crippen LogP contribution in [0, 0.1) is 0 Å². The molecule has 0 aromatic heterocycles. The zero-order valence-electron chi connectivity index (χ0n) is 10.4. The van der Waals surface area contributed by atoms with Gasteiger partial charge in [0.15, 0.2) is 5.17 Å². The molecular formula is C14H18N2S. The molecule has 0 amide bonds. The van der Waals surface area contributed by atoms with Crippen molar-refractivity contribution in [3.63, 3.8) is 0 Å². The van der Waals surface area contributed by atoms with Crippen LogP contribution >= 0.6 is 11.8 Å². The first kappa shape index (κ1) is 12.2. The fourth-order valence-electron chi connectivity index (χ4n) is 1.96. The summed E-state index contributed by atoms with van der Waals surface area (Å²) in [5.74, 6) is 0. The van der Waals surface area contributed by atoms with Crippen LogP contribution in [0.5, 0.6) is 0 Å². The van der Waals surface area contributed by atoms with Gasteiger partial charge in [0.25, 0.3) is 0 Å². The summed E-state index contributed by atoms with van der Waals surface area (Å²) in [6, 6.07) is 0. The first-order valence-electron chi connectivity index (χ1n) is 5.81. The first-order chi connectivity index (χ1) is 8.22. The minimum absolute atomic E-state index is 0.882. The molecule has 2 aliphatic rings. The molecule has 0 aromatic carbocycles. The van der Waals surface area contributed by atoms with Crippen molar-refractivity contribution in [3.8, 4) is 0 Å². The van der Waals surface area contributed by atoms with Gasteiger partial charge >= 0.3 is 0 Å². The van der Waals surface area contributed by atoms with Gasteiger partial charge in [-0.2, -0.15) is 0 Å². The summed E-state index contributed by atoms with van der Waals surface area (Å²) in [7, 11) is 0. The normalized spacial score (nSPS) is 19.6. The van der Waals surface area contributed by atoms with Crippen LogP contribution in [0.15, 0.2) is 52.7 Å². The SMILES string of the molecule is C=C(C1=CC=CC(C)=CC1)N1CCN=C1SC. The van der Waals surface area contributed by atoms with Crippen LogP contribution in [0.1, 0.15) is 13.3 Å². The Kier molecular flexibility index (Phi) is 3.89. The molecule has 1 heterocycles. The molecule has 1 aliphatic carbocycles. The van der Waals surface area contributed by atoms with Crippen molar-refractivity contribution in [3.05, 3.63) is 47.7 Å². The van der Waals surface area contributed by atoms with Crippen LogP contribution in [0.4, 0.5) is 0 Å². The Balaban J connectivity index is 2.14. The molecule has 3 heteroatoms. The van der Waals surface area contributed by atoms with Crippen molar-refractivity contribution in [1.29, 1.82) is 0 Å². The van der Waals surface area contributed by atoms with E-state index in [1.807, 2.05) is 0 Å². The van der Waals surface area contributed by atoms with Crippen molar-refractivity contribution in [2.75, 3.05) is 19.3 Å². The van der Waals surface area contributed by atoms with Crippen LogP contribution in [0.3, 0.4) is 0 Å². The van der Waals surface area contributed by atoms with E-state index in [0.717, 1.165) is 30.4 Å². The minimum Gasteiger partial charge on any atom is -0.320 e. The van der Waals surface area contributed by atoms with Crippen LogP contribution in [-0.4, -0.2) is 29.4 Å². The Hall–Kier alpha value is -1.22. The molecule has 0 N–H and O–H groups in total. The van der Waals surface area contributed by atoms with Gasteiger partial charge in [-0.25, -0.2) is 0 Å². The molecular weight excluding hydrogens is 228 g/mol. The van der Waals surface area contributed by atoms with Crippen molar-refractivity contribution < 1.29 is 0 Å². The van der Waals surface area contributed by atoms with Gasteiger partial charge in [0.2, 0.25) is 0 Å². The predicted molar refractivity (Wildman–Crippen MR) is 77.3 cm³/mol. The highest BCUT2D eigenvalue weighted by Crippen LogP contribution is 2.25. The lowest BCUT2D eigenvalue weighted by atomic mass is 10.1. The van der Waals surface area contributed by atoms with E-state index in [1.54, 1.807) is 11.8 Å². The van der Waals surface area contributed by atoms with E-state index < -0.39 is 0 Å². The monoisotopic (exact) mass is 246 g/mol. The van der Waals surface area contributed by atoms with Crippen LogP contribution in [0.25, 0.3) is 0 Å². The number of hydrogen-bond donors (Lipinski definition) is 0. The van der Waals surface area contributed by atoms with E-state index in [9.17, 15) is 0 Å². The minimum atomic E-state index is 0.882. The highest BCUT2D eigenvalue weighted by atomic mass is 32.2. The van der Waals surface area contributed by atoms with Gasteiger partial charge in [-0.1, -0.05) is 48.2 Å². The predicted octanol–water partition coefficient (Wildman–Crippen LogP) is 3.37. The summed E-state index contributed by atoms with van der Waals surface area (Å²) in [5.41, 5.74) is 3.68. The van der Waals surface area contributed by atoms with Crippen molar-refractivity contribution in [2.45, 2.75) is 13.3 Å². The van der Waals surface area contributed by atoms with Gasteiger partial charge in [-0.3, -0.25) is 4.99 Å². The van der Waals surface area contributed by atoms with Crippen molar-refractivity contribution in [2.24, 2.45) is 4.99 Å². The smallest absolute Gasteiger partial charge is 0.163 e. The second-order valence-corrected chi connectivity index (χ2v) is 4.94. The lowest BCUT2D eigenvalue weighted by Gasteiger charge is -2.23. The highest BCUT2D eigenvalue weighted by Gasteiger charge is 2.20. The molecule has 0 saturated carbocycles. The molecule has 0 radical (unpaired) electrons. The quantitative estimate of drug-likeness (QED) is 0.742. The van der Waals surface area contributed by atoms with Crippen LogP contribution in [0.2, 0.25) is 0 Å².